The Kier molecular flexibility index (Phi) is 6.29. The molecule has 0 bridgehead atoms. The average Bonchev–Trinajstić information content (AvgIpc) is 3.32. The predicted molar refractivity (Wildman–Crippen MR) is 129 cm³/mol. The minimum Gasteiger partial charge on any atom is -0.494 e. The molecule has 1 atom stereocenters. The lowest BCUT2D eigenvalue weighted by atomic mass is 9.58. The van der Waals surface area contributed by atoms with E-state index in [0.717, 1.165) is 43.5 Å². The fourth-order valence-corrected chi connectivity index (χ4v) is 7.63. The Labute approximate surface area is 198 Å². The number of thiophene rings is 1. The minimum atomic E-state index is -3.25. The van der Waals surface area contributed by atoms with Gasteiger partial charge in [-0.3, -0.25) is 0 Å². The summed E-state index contributed by atoms with van der Waals surface area (Å²) in [5, 5.41) is 5.49. The summed E-state index contributed by atoms with van der Waals surface area (Å²) in [6.07, 6.45) is 4.58. The zero-order valence-corrected chi connectivity index (χ0v) is 20.1. The molecular weight excluding hydrogens is 457 g/mol. The summed E-state index contributed by atoms with van der Waals surface area (Å²) in [4.78, 5) is 0. The SMILES string of the molecule is O=S(=O)(CCCOc1ccc2c(c1)C(C1(c3cccc(F)c3)CCC1)NCC2)c1cccs1. The smallest absolute Gasteiger partial charge is 0.187 e. The van der Waals surface area contributed by atoms with E-state index in [-0.39, 0.29) is 23.0 Å². The van der Waals surface area contributed by atoms with Gasteiger partial charge in [0.15, 0.2) is 9.84 Å². The van der Waals surface area contributed by atoms with Crippen molar-refractivity contribution < 1.29 is 17.5 Å². The Hall–Kier alpha value is -2.22. The molecule has 1 N–H and O–H groups in total. The second kappa shape index (κ2) is 9.20. The van der Waals surface area contributed by atoms with Gasteiger partial charge in [0.05, 0.1) is 12.4 Å². The van der Waals surface area contributed by atoms with Gasteiger partial charge in [-0.2, -0.15) is 0 Å². The topological polar surface area (TPSA) is 55.4 Å². The van der Waals surface area contributed by atoms with Crippen molar-refractivity contribution in [2.45, 2.75) is 47.8 Å². The quantitative estimate of drug-likeness (QED) is 0.432. The molecule has 2 aromatic carbocycles. The third kappa shape index (κ3) is 4.46. The maximum atomic E-state index is 14.0. The van der Waals surface area contributed by atoms with Crippen LogP contribution in [0.15, 0.2) is 64.2 Å². The van der Waals surface area contributed by atoms with E-state index < -0.39 is 9.84 Å². The maximum absolute atomic E-state index is 14.0. The van der Waals surface area contributed by atoms with E-state index >= 15 is 0 Å². The largest absolute Gasteiger partial charge is 0.494 e. The van der Waals surface area contributed by atoms with Crippen molar-refractivity contribution in [3.05, 3.63) is 82.5 Å². The Balaban J connectivity index is 1.32. The van der Waals surface area contributed by atoms with Crippen molar-refractivity contribution in [2.75, 3.05) is 18.9 Å². The third-order valence-electron chi connectivity index (χ3n) is 7.00. The normalized spacial score (nSPS) is 19.5. The van der Waals surface area contributed by atoms with Crippen LogP contribution in [0.4, 0.5) is 4.39 Å². The number of hydrogen-bond acceptors (Lipinski definition) is 5. The molecule has 0 amide bonds. The van der Waals surface area contributed by atoms with Crippen LogP contribution in [0.1, 0.15) is 48.4 Å². The standard InChI is InChI=1S/C26H28FNO3S2/c27-21-6-1-5-20(17-21)26(11-3-12-26)25-23-18-22(9-8-19(23)10-13-28-25)31-14-4-16-33(29,30)24-7-2-15-32-24/h1-2,5-9,15,17-18,25,28H,3-4,10-14,16H2. The Morgan fingerprint density at radius 1 is 1.12 bits per heavy atom. The van der Waals surface area contributed by atoms with Crippen LogP contribution < -0.4 is 10.1 Å². The number of sulfone groups is 1. The highest BCUT2D eigenvalue weighted by Crippen LogP contribution is 2.53. The summed E-state index contributed by atoms with van der Waals surface area (Å²) >= 11 is 1.25. The van der Waals surface area contributed by atoms with E-state index in [1.165, 1.54) is 28.5 Å². The zero-order chi connectivity index (χ0) is 22.9. The van der Waals surface area contributed by atoms with Gasteiger partial charge in [-0.25, -0.2) is 12.8 Å². The van der Waals surface area contributed by atoms with E-state index in [0.29, 0.717) is 17.2 Å². The first-order chi connectivity index (χ1) is 16.0. The van der Waals surface area contributed by atoms with E-state index in [9.17, 15) is 12.8 Å². The van der Waals surface area contributed by atoms with Gasteiger partial charge >= 0.3 is 0 Å². The summed E-state index contributed by atoms with van der Waals surface area (Å²) < 4.78 is 45.2. The molecule has 0 saturated heterocycles. The molecule has 1 aromatic heterocycles. The van der Waals surface area contributed by atoms with Gasteiger partial charge in [-0.1, -0.05) is 30.7 Å². The van der Waals surface area contributed by atoms with Gasteiger partial charge in [0.1, 0.15) is 15.8 Å². The lowest BCUT2D eigenvalue weighted by Crippen LogP contribution is -2.49. The van der Waals surface area contributed by atoms with Gasteiger partial charge < -0.3 is 10.1 Å². The van der Waals surface area contributed by atoms with Crippen LogP contribution in [0.25, 0.3) is 0 Å². The van der Waals surface area contributed by atoms with Crippen molar-refractivity contribution >= 4 is 21.2 Å². The third-order valence-corrected chi connectivity index (χ3v) is 10.3. The second-order valence-corrected chi connectivity index (χ2v) is 12.3. The van der Waals surface area contributed by atoms with Crippen LogP contribution in [0.2, 0.25) is 0 Å². The number of hydrogen-bond donors (Lipinski definition) is 1. The Morgan fingerprint density at radius 3 is 2.73 bits per heavy atom. The number of benzene rings is 2. The molecule has 1 saturated carbocycles. The van der Waals surface area contributed by atoms with Crippen molar-refractivity contribution in [1.29, 1.82) is 0 Å². The van der Waals surface area contributed by atoms with Crippen molar-refractivity contribution in [3.8, 4) is 5.75 Å². The van der Waals surface area contributed by atoms with Crippen molar-refractivity contribution in [2.24, 2.45) is 0 Å². The highest BCUT2D eigenvalue weighted by atomic mass is 32.2. The molecule has 5 rings (SSSR count). The van der Waals surface area contributed by atoms with Crippen molar-refractivity contribution in [1.82, 2.24) is 5.32 Å². The molecule has 1 fully saturated rings. The first-order valence-electron chi connectivity index (χ1n) is 11.5. The highest BCUT2D eigenvalue weighted by Gasteiger charge is 2.47. The molecule has 174 valence electrons. The lowest BCUT2D eigenvalue weighted by Gasteiger charge is -2.50. The number of rotatable bonds is 8. The molecule has 7 heteroatoms. The average molecular weight is 486 g/mol. The van der Waals surface area contributed by atoms with E-state index in [4.69, 9.17) is 4.74 Å². The van der Waals surface area contributed by atoms with Crippen LogP contribution in [-0.4, -0.2) is 27.3 Å². The molecule has 1 aliphatic heterocycles. The molecule has 1 aliphatic carbocycles. The van der Waals surface area contributed by atoms with Crippen LogP contribution in [0, 0.1) is 5.82 Å². The van der Waals surface area contributed by atoms with Crippen LogP contribution in [0.3, 0.4) is 0 Å². The van der Waals surface area contributed by atoms with Gasteiger partial charge in [0.25, 0.3) is 0 Å². The molecule has 1 unspecified atom stereocenters. The molecule has 2 aliphatic rings. The second-order valence-electron chi connectivity index (χ2n) is 8.97. The molecule has 2 heterocycles. The first-order valence-corrected chi connectivity index (χ1v) is 14.0. The fraction of sp³-hybridized carbons (Fsp3) is 0.385. The summed E-state index contributed by atoms with van der Waals surface area (Å²) in [6, 6.07) is 16.7. The van der Waals surface area contributed by atoms with Crippen molar-refractivity contribution in [3.63, 3.8) is 0 Å². The van der Waals surface area contributed by atoms with Crippen LogP contribution in [0.5, 0.6) is 5.75 Å². The summed E-state index contributed by atoms with van der Waals surface area (Å²) in [6.45, 7) is 1.24. The van der Waals surface area contributed by atoms with E-state index in [1.807, 2.05) is 12.1 Å². The lowest BCUT2D eigenvalue weighted by molar-refractivity contribution is 0.164. The van der Waals surface area contributed by atoms with Gasteiger partial charge in [0, 0.05) is 11.5 Å². The zero-order valence-electron chi connectivity index (χ0n) is 18.4. The molecule has 33 heavy (non-hydrogen) atoms. The number of halogens is 1. The monoisotopic (exact) mass is 485 g/mol. The van der Waals surface area contributed by atoms with Gasteiger partial charge in [0.2, 0.25) is 0 Å². The fourth-order valence-electron chi connectivity index (χ4n) is 5.19. The van der Waals surface area contributed by atoms with E-state index in [1.54, 1.807) is 29.6 Å². The number of fused-ring (bicyclic) bond motifs is 1. The predicted octanol–water partition coefficient (Wildman–Crippen LogP) is 5.44. The molecule has 3 aromatic rings. The van der Waals surface area contributed by atoms with Crippen LogP contribution >= 0.6 is 11.3 Å². The maximum Gasteiger partial charge on any atom is 0.187 e. The molecular formula is C26H28FNO3S2. The summed E-state index contributed by atoms with van der Waals surface area (Å²) in [5.74, 6) is 0.639. The first kappa shape index (κ1) is 22.6. The minimum absolute atomic E-state index is 0.0747. The molecule has 4 nitrogen and oxygen atoms in total. The molecule has 0 spiro atoms. The Bertz CT molecular complexity index is 1220. The van der Waals surface area contributed by atoms with Crippen LogP contribution in [-0.2, 0) is 21.7 Å². The number of ether oxygens (including phenoxy) is 1. The summed E-state index contributed by atoms with van der Waals surface area (Å²) in [7, 11) is -3.25. The van der Waals surface area contributed by atoms with Gasteiger partial charge in [-0.05, 0) is 84.6 Å². The molecule has 0 radical (unpaired) electrons. The van der Waals surface area contributed by atoms with E-state index in [2.05, 4.69) is 17.4 Å². The highest BCUT2D eigenvalue weighted by molar-refractivity contribution is 7.93. The van der Waals surface area contributed by atoms with Gasteiger partial charge in [-0.15, -0.1) is 11.3 Å². The summed E-state index contributed by atoms with van der Waals surface area (Å²) in [5.41, 5.74) is 3.47. The number of nitrogens with one attached hydrogen (secondary N) is 1. The Morgan fingerprint density at radius 2 is 2.00 bits per heavy atom.